The van der Waals surface area contributed by atoms with Crippen molar-refractivity contribution in [3.8, 4) is 22.7 Å². The van der Waals surface area contributed by atoms with Crippen molar-refractivity contribution in [2.45, 2.75) is 26.2 Å². The molecule has 0 unspecified atom stereocenters. The molecular formula is C28H27N3O4. The molecule has 4 aromatic rings. The summed E-state index contributed by atoms with van der Waals surface area (Å²) in [4.78, 5) is 24.4. The normalized spacial score (nSPS) is 11.2. The van der Waals surface area contributed by atoms with Crippen LogP contribution in [0.5, 0.6) is 5.75 Å². The molecule has 3 aromatic carbocycles. The fraction of sp³-hybridized carbons (Fsp3) is 0.214. The van der Waals surface area contributed by atoms with E-state index in [2.05, 4.69) is 55.3 Å². The van der Waals surface area contributed by atoms with E-state index >= 15 is 0 Å². The topological polar surface area (TPSA) is 83.3 Å². The van der Waals surface area contributed by atoms with Gasteiger partial charge in [-0.25, -0.2) is 9.48 Å². The number of carbonyl (C=O) groups excluding carboxylic acids is 2. The van der Waals surface area contributed by atoms with Gasteiger partial charge in [0, 0.05) is 11.1 Å². The van der Waals surface area contributed by atoms with Crippen molar-refractivity contribution in [2.75, 3.05) is 13.2 Å². The predicted octanol–water partition coefficient (Wildman–Crippen LogP) is 5.04. The molecule has 0 saturated heterocycles. The molecule has 0 spiro atoms. The van der Waals surface area contributed by atoms with Crippen LogP contribution in [0.15, 0.2) is 85.1 Å². The minimum atomic E-state index is -0.608. The Kier molecular flexibility index (Phi) is 7.06. The van der Waals surface area contributed by atoms with Gasteiger partial charge >= 0.3 is 5.97 Å². The molecule has 1 heterocycles. The SMILES string of the molecule is CC(C)(C)c1ccc(-c2cnnn2-c2ccc(C(=O)COC(=O)COc3ccccc3)cc2)cc1. The fourth-order valence-corrected chi connectivity index (χ4v) is 3.48. The Labute approximate surface area is 204 Å². The zero-order valence-corrected chi connectivity index (χ0v) is 20.0. The van der Waals surface area contributed by atoms with Crippen molar-refractivity contribution >= 4 is 11.8 Å². The Morgan fingerprint density at radius 2 is 1.54 bits per heavy atom. The van der Waals surface area contributed by atoms with Crippen molar-refractivity contribution in [3.63, 3.8) is 0 Å². The highest BCUT2D eigenvalue weighted by atomic mass is 16.6. The summed E-state index contributed by atoms with van der Waals surface area (Å²) in [7, 11) is 0. The number of benzene rings is 3. The van der Waals surface area contributed by atoms with E-state index in [9.17, 15) is 9.59 Å². The van der Waals surface area contributed by atoms with Crippen LogP contribution in [0.2, 0.25) is 0 Å². The van der Waals surface area contributed by atoms with Gasteiger partial charge in [0.15, 0.2) is 19.0 Å². The number of ketones is 1. The molecule has 0 saturated carbocycles. The van der Waals surface area contributed by atoms with Gasteiger partial charge in [-0.15, -0.1) is 5.10 Å². The van der Waals surface area contributed by atoms with Crippen LogP contribution in [0.3, 0.4) is 0 Å². The summed E-state index contributed by atoms with van der Waals surface area (Å²) in [6.07, 6.45) is 1.71. The van der Waals surface area contributed by atoms with E-state index in [0.717, 1.165) is 16.9 Å². The number of carbonyl (C=O) groups is 2. The van der Waals surface area contributed by atoms with Crippen LogP contribution in [0.1, 0.15) is 36.7 Å². The van der Waals surface area contributed by atoms with Gasteiger partial charge in [0.25, 0.3) is 0 Å². The van der Waals surface area contributed by atoms with Crippen LogP contribution in [0, 0.1) is 0 Å². The average molecular weight is 470 g/mol. The van der Waals surface area contributed by atoms with Crippen molar-refractivity contribution < 1.29 is 19.1 Å². The predicted molar refractivity (Wildman–Crippen MR) is 133 cm³/mol. The van der Waals surface area contributed by atoms with Crippen LogP contribution in [-0.4, -0.2) is 40.0 Å². The lowest BCUT2D eigenvalue weighted by Gasteiger charge is -2.19. The molecule has 1 aromatic heterocycles. The van der Waals surface area contributed by atoms with Crippen molar-refractivity contribution in [2.24, 2.45) is 0 Å². The second-order valence-electron chi connectivity index (χ2n) is 9.09. The molecule has 7 nitrogen and oxygen atoms in total. The lowest BCUT2D eigenvalue weighted by Crippen LogP contribution is -2.19. The maximum absolute atomic E-state index is 12.5. The molecule has 0 aliphatic carbocycles. The highest BCUT2D eigenvalue weighted by Gasteiger charge is 2.15. The summed E-state index contributed by atoms with van der Waals surface area (Å²) in [6, 6.07) is 24.2. The second-order valence-corrected chi connectivity index (χ2v) is 9.09. The summed E-state index contributed by atoms with van der Waals surface area (Å²) in [5.74, 6) is -0.353. The van der Waals surface area contributed by atoms with Gasteiger partial charge in [-0.3, -0.25) is 4.79 Å². The minimum Gasteiger partial charge on any atom is -0.482 e. The number of nitrogens with zero attached hydrogens (tertiary/aromatic N) is 3. The number of rotatable bonds is 8. The third-order valence-corrected chi connectivity index (χ3v) is 5.49. The number of Topliss-reactive ketones (excluding diaryl/α,β-unsaturated/α-hetero) is 1. The van der Waals surface area contributed by atoms with Crippen LogP contribution < -0.4 is 4.74 Å². The van der Waals surface area contributed by atoms with E-state index in [1.54, 1.807) is 59.4 Å². The van der Waals surface area contributed by atoms with E-state index < -0.39 is 5.97 Å². The third-order valence-electron chi connectivity index (χ3n) is 5.49. The van der Waals surface area contributed by atoms with Crippen molar-refractivity contribution in [3.05, 3.63) is 96.2 Å². The first-order valence-electron chi connectivity index (χ1n) is 11.3. The van der Waals surface area contributed by atoms with Crippen LogP contribution in [0.4, 0.5) is 0 Å². The molecule has 35 heavy (non-hydrogen) atoms. The van der Waals surface area contributed by atoms with Gasteiger partial charge in [-0.1, -0.05) is 68.4 Å². The molecular weight excluding hydrogens is 442 g/mol. The summed E-state index contributed by atoms with van der Waals surface area (Å²) in [5.41, 5.74) is 4.35. The molecule has 7 heteroatoms. The highest BCUT2D eigenvalue weighted by Crippen LogP contribution is 2.27. The van der Waals surface area contributed by atoms with Crippen LogP contribution in [0.25, 0.3) is 16.9 Å². The van der Waals surface area contributed by atoms with Gasteiger partial charge in [0.05, 0.1) is 17.6 Å². The van der Waals surface area contributed by atoms with Crippen molar-refractivity contribution in [1.82, 2.24) is 15.0 Å². The molecule has 178 valence electrons. The quantitative estimate of drug-likeness (QED) is 0.266. The summed E-state index contributed by atoms with van der Waals surface area (Å²) < 4.78 is 12.1. The first kappa shape index (κ1) is 23.9. The zero-order chi connectivity index (χ0) is 24.8. The molecule has 0 radical (unpaired) electrons. The van der Waals surface area contributed by atoms with E-state index in [-0.39, 0.29) is 24.4 Å². The number of para-hydroxylation sites is 1. The van der Waals surface area contributed by atoms with Gasteiger partial charge in [-0.2, -0.15) is 0 Å². The fourth-order valence-electron chi connectivity index (χ4n) is 3.48. The maximum atomic E-state index is 12.5. The molecule has 0 atom stereocenters. The molecule has 0 N–H and O–H groups in total. The Morgan fingerprint density at radius 1 is 0.857 bits per heavy atom. The molecule has 0 amide bonds. The Hall–Kier alpha value is -4.26. The van der Waals surface area contributed by atoms with Crippen molar-refractivity contribution in [1.29, 1.82) is 0 Å². The molecule has 0 bridgehead atoms. The van der Waals surface area contributed by atoms with E-state index in [1.165, 1.54) is 5.56 Å². The number of hydrogen-bond acceptors (Lipinski definition) is 6. The standard InChI is InChI=1S/C28H27N3O4/c1-28(2,3)22-13-9-20(10-14-22)25-17-29-30-31(25)23-15-11-21(12-16-23)26(32)18-35-27(33)19-34-24-7-5-4-6-8-24/h4-17H,18-19H2,1-3H3. The Morgan fingerprint density at radius 3 is 2.20 bits per heavy atom. The largest absolute Gasteiger partial charge is 0.482 e. The van der Waals surface area contributed by atoms with E-state index in [4.69, 9.17) is 9.47 Å². The summed E-state index contributed by atoms with van der Waals surface area (Å²) in [6.45, 7) is 5.91. The van der Waals surface area contributed by atoms with Crippen LogP contribution >= 0.6 is 0 Å². The zero-order valence-electron chi connectivity index (χ0n) is 20.0. The van der Waals surface area contributed by atoms with E-state index in [1.807, 2.05) is 6.07 Å². The third kappa shape index (κ3) is 6.00. The summed E-state index contributed by atoms with van der Waals surface area (Å²) >= 11 is 0. The number of aromatic nitrogens is 3. The molecule has 4 rings (SSSR count). The highest BCUT2D eigenvalue weighted by molar-refractivity contribution is 5.98. The monoisotopic (exact) mass is 469 g/mol. The second kappa shape index (κ2) is 10.3. The average Bonchev–Trinajstić information content (AvgIpc) is 3.36. The first-order valence-corrected chi connectivity index (χ1v) is 11.3. The van der Waals surface area contributed by atoms with Gasteiger partial charge < -0.3 is 9.47 Å². The summed E-state index contributed by atoms with van der Waals surface area (Å²) in [5, 5.41) is 8.28. The Balaban J connectivity index is 1.37. The van der Waals surface area contributed by atoms with Gasteiger partial charge in [0.2, 0.25) is 0 Å². The smallest absolute Gasteiger partial charge is 0.344 e. The number of esters is 1. The lowest BCUT2D eigenvalue weighted by molar-refractivity contribution is -0.144. The van der Waals surface area contributed by atoms with Gasteiger partial charge in [-0.05, 0) is 47.4 Å². The van der Waals surface area contributed by atoms with E-state index in [0.29, 0.717) is 11.3 Å². The molecule has 0 aliphatic heterocycles. The first-order chi connectivity index (χ1) is 16.8. The lowest BCUT2D eigenvalue weighted by atomic mass is 9.86. The van der Waals surface area contributed by atoms with Gasteiger partial charge in [0.1, 0.15) is 5.75 Å². The number of ether oxygens (including phenoxy) is 2. The maximum Gasteiger partial charge on any atom is 0.344 e. The molecule has 0 fully saturated rings. The van der Waals surface area contributed by atoms with Crippen LogP contribution in [-0.2, 0) is 14.9 Å². The minimum absolute atomic E-state index is 0.0721. The molecule has 0 aliphatic rings. The Bertz CT molecular complexity index is 1290. The number of hydrogen-bond donors (Lipinski definition) is 0.